The molecule has 2 aliphatic rings. The van der Waals surface area contributed by atoms with Crippen molar-refractivity contribution in [3.63, 3.8) is 0 Å². The third-order valence-electron chi connectivity index (χ3n) is 4.41. The van der Waals surface area contributed by atoms with E-state index in [9.17, 15) is 4.79 Å². The first kappa shape index (κ1) is 13.8. The standard InChI is InChI=1S/C14H26N2O2/c1-2-18-14(17)13-7-12(8-13)10-16-5-3-11(9-15)4-6-16/h11-13H,2-10,15H2,1H3. The minimum absolute atomic E-state index is 0.00981. The van der Waals surface area contributed by atoms with Crippen molar-refractivity contribution in [1.82, 2.24) is 4.90 Å². The first-order valence-corrected chi connectivity index (χ1v) is 7.32. The molecule has 1 saturated carbocycles. The number of carbonyl (C=O) groups is 1. The summed E-state index contributed by atoms with van der Waals surface area (Å²) < 4.78 is 5.05. The molecule has 2 N–H and O–H groups in total. The minimum atomic E-state index is 0.00981. The van der Waals surface area contributed by atoms with Gasteiger partial charge in [0.2, 0.25) is 0 Å². The summed E-state index contributed by atoms with van der Waals surface area (Å²) in [7, 11) is 0. The van der Waals surface area contributed by atoms with Crippen LogP contribution in [0.25, 0.3) is 0 Å². The maximum absolute atomic E-state index is 11.5. The molecular formula is C14H26N2O2. The Morgan fingerprint density at radius 3 is 2.50 bits per heavy atom. The van der Waals surface area contributed by atoms with Crippen molar-refractivity contribution >= 4 is 5.97 Å². The quantitative estimate of drug-likeness (QED) is 0.750. The van der Waals surface area contributed by atoms with E-state index < -0.39 is 0 Å². The maximum Gasteiger partial charge on any atom is 0.308 e. The molecule has 0 radical (unpaired) electrons. The molecule has 0 aromatic heterocycles. The molecule has 2 rings (SSSR count). The molecule has 0 atom stereocenters. The first-order valence-electron chi connectivity index (χ1n) is 7.32. The Kier molecular flexibility index (Phi) is 5.01. The zero-order valence-electron chi connectivity index (χ0n) is 11.4. The lowest BCUT2D eigenvalue weighted by molar-refractivity contribution is -0.153. The number of carbonyl (C=O) groups excluding carboxylic acids is 1. The lowest BCUT2D eigenvalue weighted by atomic mass is 9.74. The fourth-order valence-corrected chi connectivity index (χ4v) is 3.11. The number of hydrogen-bond donors (Lipinski definition) is 1. The van der Waals surface area contributed by atoms with Crippen LogP contribution in [0.15, 0.2) is 0 Å². The highest BCUT2D eigenvalue weighted by molar-refractivity contribution is 5.73. The van der Waals surface area contributed by atoms with Gasteiger partial charge in [-0.2, -0.15) is 0 Å². The average molecular weight is 254 g/mol. The number of esters is 1. The number of rotatable bonds is 5. The molecule has 0 unspecified atom stereocenters. The van der Waals surface area contributed by atoms with E-state index in [1.807, 2.05) is 6.92 Å². The van der Waals surface area contributed by atoms with Gasteiger partial charge in [-0.25, -0.2) is 0 Å². The molecule has 1 saturated heterocycles. The molecular weight excluding hydrogens is 228 g/mol. The average Bonchev–Trinajstić information content (AvgIpc) is 2.34. The van der Waals surface area contributed by atoms with Gasteiger partial charge >= 0.3 is 5.97 Å². The highest BCUT2D eigenvalue weighted by Crippen LogP contribution is 2.35. The summed E-state index contributed by atoms with van der Waals surface area (Å²) in [4.78, 5) is 14.0. The van der Waals surface area contributed by atoms with Gasteiger partial charge in [0.25, 0.3) is 0 Å². The lowest BCUT2D eigenvalue weighted by Crippen LogP contribution is -2.43. The number of likely N-dealkylation sites (tertiary alicyclic amines) is 1. The molecule has 4 nitrogen and oxygen atoms in total. The van der Waals surface area contributed by atoms with Crippen LogP contribution in [0.2, 0.25) is 0 Å². The Bertz CT molecular complexity index is 269. The minimum Gasteiger partial charge on any atom is -0.466 e. The van der Waals surface area contributed by atoms with Crippen LogP contribution >= 0.6 is 0 Å². The highest BCUT2D eigenvalue weighted by atomic mass is 16.5. The molecule has 18 heavy (non-hydrogen) atoms. The van der Waals surface area contributed by atoms with Gasteiger partial charge in [-0.3, -0.25) is 4.79 Å². The molecule has 0 aromatic carbocycles. The molecule has 1 heterocycles. The van der Waals surface area contributed by atoms with E-state index in [-0.39, 0.29) is 11.9 Å². The summed E-state index contributed by atoms with van der Waals surface area (Å²) in [6, 6.07) is 0. The van der Waals surface area contributed by atoms with Crippen LogP contribution in [-0.2, 0) is 9.53 Å². The summed E-state index contributed by atoms with van der Waals surface area (Å²) in [5.74, 6) is 1.62. The number of nitrogens with zero attached hydrogens (tertiary/aromatic N) is 1. The number of hydrogen-bond acceptors (Lipinski definition) is 4. The van der Waals surface area contributed by atoms with Crippen molar-refractivity contribution in [1.29, 1.82) is 0 Å². The van der Waals surface area contributed by atoms with E-state index in [1.165, 1.54) is 25.9 Å². The summed E-state index contributed by atoms with van der Waals surface area (Å²) in [5, 5.41) is 0. The van der Waals surface area contributed by atoms with Crippen LogP contribution in [0.1, 0.15) is 32.6 Å². The van der Waals surface area contributed by atoms with Crippen molar-refractivity contribution in [3.8, 4) is 0 Å². The molecule has 4 heteroatoms. The Labute approximate surface area is 110 Å². The number of piperidine rings is 1. The van der Waals surface area contributed by atoms with Crippen LogP contribution in [0.3, 0.4) is 0 Å². The summed E-state index contributed by atoms with van der Waals surface area (Å²) in [6.45, 7) is 6.74. The van der Waals surface area contributed by atoms with Gasteiger partial charge < -0.3 is 15.4 Å². The Morgan fingerprint density at radius 2 is 1.94 bits per heavy atom. The van der Waals surface area contributed by atoms with Crippen molar-refractivity contribution in [2.45, 2.75) is 32.6 Å². The molecule has 0 bridgehead atoms. The van der Waals surface area contributed by atoms with E-state index in [0.717, 1.165) is 31.8 Å². The predicted octanol–water partition coefficient (Wildman–Crippen LogP) is 1.25. The van der Waals surface area contributed by atoms with Crippen molar-refractivity contribution in [3.05, 3.63) is 0 Å². The Balaban J connectivity index is 1.61. The van der Waals surface area contributed by atoms with E-state index in [2.05, 4.69) is 4.90 Å². The molecule has 1 aliphatic carbocycles. The fraction of sp³-hybridized carbons (Fsp3) is 0.929. The largest absolute Gasteiger partial charge is 0.466 e. The van der Waals surface area contributed by atoms with Gasteiger partial charge in [0, 0.05) is 6.54 Å². The summed E-state index contributed by atoms with van der Waals surface area (Å²) in [6.07, 6.45) is 4.53. The Hall–Kier alpha value is -0.610. The third-order valence-corrected chi connectivity index (χ3v) is 4.41. The van der Waals surface area contributed by atoms with Gasteiger partial charge in [-0.05, 0) is 64.1 Å². The second kappa shape index (κ2) is 6.53. The van der Waals surface area contributed by atoms with Crippen LogP contribution in [-0.4, -0.2) is 43.7 Å². The third kappa shape index (κ3) is 3.45. The van der Waals surface area contributed by atoms with E-state index in [1.54, 1.807) is 0 Å². The molecule has 1 aliphatic heterocycles. The van der Waals surface area contributed by atoms with Crippen molar-refractivity contribution in [2.24, 2.45) is 23.5 Å². The van der Waals surface area contributed by atoms with Gasteiger partial charge in [-0.1, -0.05) is 0 Å². The van der Waals surface area contributed by atoms with Gasteiger partial charge in [0.15, 0.2) is 0 Å². The fourth-order valence-electron chi connectivity index (χ4n) is 3.11. The van der Waals surface area contributed by atoms with Gasteiger partial charge in [0.1, 0.15) is 0 Å². The second-order valence-corrected chi connectivity index (χ2v) is 5.77. The molecule has 104 valence electrons. The molecule has 0 amide bonds. The Morgan fingerprint density at radius 1 is 1.28 bits per heavy atom. The predicted molar refractivity (Wildman–Crippen MR) is 71.1 cm³/mol. The number of nitrogens with two attached hydrogens (primary N) is 1. The zero-order valence-corrected chi connectivity index (χ0v) is 11.4. The maximum atomic E-state index is 11.5. The van der Waals surface area contributed by atoms with Crippen molar-refractivity contribution < 1.29 is 9.53 Å². The molecule has 2 fully saturated rings. The van der Waals surface area contributed by atoms with Crippen LogP contribution in [0, 0.1) is 17.8 Å². The van der Waals surface area contributed by atoms with Crippen molar-refractivity contribution in [2.75, 3.05) is 32.8 Å². The van der Waals surface area contributed by atoms with E-state index >= 15 is 0 Å². The van der Waals surface area contributed by atoms with Crippen LogP contribution < -0.4 is 5.73 Å². The summed E-state index contributed by atoms with van der Waals surface area (Å²) in [5.41, 5.74) is 5.70. The summed E-state index contributed by atoms with van der Waals surface area (Å²) >= 11 is 0. The van der Waals surface area contributed by atoms with Crippen LogP contribution in [0.4, 0.5) is 0 Å². The zero-order chi connectivity index (χ0) is 13.0. The second-order valence-electron chi connectivity index (χ2n) is 5.77. The van der Waals surface area contributed by atoms with Crippen LogP contribution in [0.5, 0.6) is 0 Å². The topological polar surface area (TPSA) is 55.6 Å². The normalized spacial score (nSPS) is 29.9. The van der Waals surface area contributed by atoms with E-state index in [0.29, 0.717) is 12.5 Å². The first-order chi connectivity index (χ1) is 8.72. The molecule has 0 aromatic rings. The molecule has 0 spiro atoms. The van der Waals surface area contributed by atoms with E-state index in [4.69, 9.17) is 10.5 Å². The smallest absolute Gasteiger partial charge is 0.308 e. The number of ether oxygens (including phenoxy) is 1. The SMILES string of the molecule is CCOC(=O)C1CC(CN2CCC(CN)CC2)C1. The monoisotopic (exact) mass is 254 g/mol. The van der Waals surface area contributed by atoms with Gasteiger partial charge in [-0.15, -0.1) is 0 Å². The highest BCUT2D eigenvalue weighted by Gasteiger charge is 2.36. The van der Waals surface area contributed by atoms with Gasteiger partial charge in [0.05, 0.1) is 12.5 Å². The lowest BCUT2D eigenvalue weighted by Gasteiger charge is -2.39.